The van der Waals surface area contributed by atoms with E-state index in [9.17, 15) is 4.79 Å². The molecule has 0 heterocycles. The predicted octanol–water partition coefficient (Wildman–Crippen LogP) is 8.02. The first-order chi connectivity index (χ1) is 14.3. The molecule has 158 valence electrons. The first-order valence-corrected chi connectivity index (χ1v) is 12.4. The van der Waals surface area contributed by atoms with Crippen LogP contribution in [-0.2, 0) is 4.79 Å². The molecular formula is C26H37NOS. The molecule has 1 unspecified atom stereocenters. The largest absolute Gasteiger partial charge is 0.325 e. The number of hydrogen-bond acceptors (Lipinski definition) is 2. The maximum atomic E-state index is 12.9. The van der Waals surface area contributed by atoms with Gasteiger partial charge in [-0.1, -0.05) is 113 Å². The van der Waals surface area contributed by atoms with Crippen LogP contribution in [0.3, 0.4) is 0 Å². The normalized spacial score (nSPS) is 11.9. The molecule has 1 amide bonds. The second-order valence-electron chi connectivity index (χ2n) is 7.70. The molecule has 0 radical (unpaired) electrons. The minimum atomic E-state index is -0.157. The Balaban J connectivity index is 1.70. The van der Waals surface area contributed by atoms with Crippen LogP contribution in [0, 0.1) is 0 Å². The summed E-state index contributed by atoms with van der Waals surface area (Å²) < 4.78 is 0. The number of carbonyl (C=O) groups excluding carboxylic acids is 1. The number of anilines is 1. The summed E-state index contributed by atoms with van der Waals surface area (Å²) in [5, 5.41) is 2.91. The molecule has 1 atom stereocenters. The SMILES string of the molecule is CCCCCCCCCCCCSC(C(=O)Nc1ccccc1)c1ccccc1. The van der Waals surface area contributed by atoms with Crippen molar-refractivity contribution in [1.82, 2.24) is 0 Å². The molecule has 0 spiro atoms. The molecular weight excluding hydrogens is 374 g/mol. The number of benzene rings is 2. The minimum absolute atomic E-state index is 0.0690. The third-order valence-electron chi connectivity index (χ3n) is 5.16. The van der Waals surface area contributed by atoms with E-state index in [1.54, 1.807) is 11.8 Å². The lowest BCUT2D eigenvalue weighted by Crippen LogP contribution is -2.19. The number of carbonyl (C=O) groups is 1. The van der Waals surface area contributed by atoms with Gasteiger partial charge in [-0.25, -0.2) is 0 Å². The summed E-state index contributed by atoms with van der Waals surface area (Å²) in [4.78, 5) is 12.9. The standard InChI is InChI=1S/C26H37NOS/c1-2-3-4-5-6-7-8-9-10-17-22-29-25(23-18-13-11-14-19-23)26(28)27-24-20-15-12-16-21-24/h11-16,18-21,25H,2-10,17,22H2,1H3,(H,27,28). The Hall–Kier alpha value is -1.74. The van der Waals surface area contributed by atoms with Crippen molar-refractivity contribution >= 4 is 23.4 Å². The molecule has 3 heteroatoms. The summed E-state index contributed by atoms with van der Waals surface area (Å²) >= 11 is 1.77. The molecule has 0 saturated heterocycles. The van der Waals surface area contributed by atoms with Crippen LogP contribution in [0.15, 0.2) is 60.7 Å². The zero-order valence-corrected chi connectivity index (χ0v) is 18.8. The lowest BCUT2D eigenvalue weighted by molar-refractivity contribution is -0.115. The van der Waals surface area contributed by atoms with Crippen molar-refractivity contribution in [2.24, 2.45) is 0 Å². The maximum Gasteiger partial charge on any atom is 0.241 e. The molecule has 0 bridgehead atoms. The van der Waals surface area contributed by atoms with Crippen LogP contribution in [0.2, 0.25) is 0 Å². The molecule has 2 aromatic rings. The summed E-state index contributed by atoms with van der Waals surface area (Å²) in [6.07, 6.45) is 13.4. The Morgan fingerprint density at radius 1 is 0.759 bits per heavy atom. The quantitative estimate of drug-likeness (QED) is 0.301. The summed E-state index contributed by atoms with van der Waals surface area (Å²) in [5.41, 5.74) is 1.94. The molecule has 2 aromatic carbocycles. The molecule has 0 aromatic heterocycles. The van der Waals surface area contributed by atoms with E-state index in [1.165, 1.54) is 64.2 Å². The van der Waals surface area contributed by atoms with E-state index in [1.807, 2.05) is 48.5 Å². The highest BCUT2D eigenvalue weighted by Gasteiger charge is 2.20. The van der Waals surface area contributed by atoms with Crippen LogP contribution >= 0.6 is 11.8 Å². The van der Waals surface area contributed by atoms with Gasteiger partial charge in [-0.15, -0.1) is 11.8 Å². The number of nitrogens with one attached hydrogen (secondary N) is 1. The number of rotatable bonds is 15. The Labute approximate surface area is 181 Å². The van der Waals surface area contributed by atoms with Crippen LogP contribution in [0.4, 0.5) is 5.69 Å². The van der Waals surface area contributed by atoms with Gasteiger partial charge in [-0.3, -0.25) is 4.79 Å². The van der Waals surface area contributed by atoms with Crippen LogP contribution < -0.4 is 5.32 Å². The zero-order valence-electron chi connectivity index (χ0n) is 17.9. The monoisotopic (exact) mass is 411 g/mol. The summed E-state index contributed by atoms with van der Waals surface area (Å²) in [7, 11) is 0. The van der Waals surface area contributed by atoms with E-state index < -0.39 is 0 Å². The number of para-hydroxylation sites is 1. The van der Waals surface area contributed by atoms with Gasteiger partial charge in [0.05, 0.1) is 0 Å². The van der Waals surface area contributed by atoms with Gasteiger partial charge in [-0.2, -0.15) is 0 Å². The van der Waals surface area contributed by atoms with E-state index in [0.29, 0.717) is 0 Å². The van der Waals surface area contributed by atoms with Crippen LogP contribution in [-0.4, -0.2) is 11.7 Å². The van der Waals surface area contributed by atoms with Crippen molar-refractivity contribution < 1.29 is 4.79 Å². The fraction of sp³-hybridized carbons (Fsp3) is 0.500. The van der Waals surface area contributed by atoms with E-state index in [4.69, 9.17) is 0 Å². The van der Waals surface area contributed by atoms with E-state index in [2.05, 4.69) is 24.4 Å². The van der Waals surface area contributed by atoms with Crippen LogP contribution in [0.25, 0.3) is 0 Å². The van der Waals surface area contributed by atoms with Crippen molar-refractivity contribution in [3.05, 3.63) is 66.2 Å². The van der Waals surface area contributed by atoms with Crippen molar-refractivity contribution in [2.75, 3.05) is 11.1 Å². The predicted molar refractivity (Wildman–Crippen MR) is 129 cm³/mol. The molecule has 1 N–H and O–H groups in total. The topological polar surface area (TPSA) is 29.1 Å². The lowest BCUT2D eigenvalue weighted by atomic mass is 10.1. The fourth-order valence-electron chi connectivity index (χ4n) is 3.47. The highest BCUT2D eigenvalue weighted by molar-refractivity contribution is 8.00. The Morgan fingerprint density at radius 2 is 1.28 bits per heavy atom. The first kappa shape index (κ1) is 23.5. The molecule has 0 saturated carbocycles. The number of amides is 1. The molecule has 0 aliphatic heterocycles. The highest BCUT2D eigenvalue weighted by atomic mass is 32.2. The average Bonchev–Trinajstić information content (AvgIpc) is 2.76. The second kappa shape index (κ2) is 15.1. The lowest BCUT2D eigenvalue weighted by Gasteiger charge is -2.17. The van der Waals surface area contributed by atoms with Crippen LogP contribution in [0.1, 0.15) is 81.9 Å². The number of unbranched alkanes of at least 4 members (excludes halogenated alkanes) is 9. The van der Waals surface area contributed by atoms with Gasteiger partial charge >= 0.3 is 0 Å². The Kier molecular flexibility index (Phi) is 12.3. The summed E-state index contributed by atoms with van der Waals surface area (Å²) in [6.45, 7) is 2.27. The third kappa shape index (κ3) is 10.0. The fourth-order valence-corrected chi connectivity index (χ4v) is 4.64. The molecule has 2 nitrogen and oxygen atoms in total. The van der Waals surface area contributed by atoms with Crippen molar-refractivity contribution in [3.8, 4) is 0 Å². The molecule has 2 rings (SSSR count). The minimum Gasteiger partial charge on any atom is -0.325 e. The van der Waals surface area contributed by atoms with E-state index >= 15 is 0 Å². The number of hydrogen-bond donors (Lipinski definition) is 1. The molecule has 0 aliphatic rings. The molecule has 0 fully saturated rings. The number of thioether (sulfide) groups is 1. The summed E-state index contributed by atoms with van der Waals surface area (Å²) in [6, 6.07) is 19.9. The Bertz CT molecular complexity index is 659. The smallest absolute Gasteiger partial charge is 0.241 e. The van der Waals surface area contributed by atoms with Gasteiger partial charge in [-0.05, 0) is 29.9 Å². The summed E-state index contributed by atoms with van der Waals surface area (Å²) in [5.74, 6) is 1.10. The highest BCUT2D eigenvalue weighted by Crippen LogP contribution is 2.31. The van der Waals surface area contributed by atoms with Gasteiger partial charge in [0.15, 0.2) is 0 Å². The molecule has 0 aliphatic carbocycles. The van der Waals surface area contributed by atoms with E-state index in [0.717, 1.165) is 17.0 Å². The van der Waals surface area contributed by atoms with E-state index in [-0.39, 0.29) is 11.2 Å². The zero-order chi connectivity index (χ0) is 20.6. The van der Waals surface area contributed by atoms with Crippen molar-refractivity contribution in [2.45, 2.75) is 76.4 Å². The first-order valence-electron chi connectivity index (χ1n) is 11.3. The van der Waals surface area contributed by atoms with Gasteiger partial charge in [0.2, 0.25) is 5.91 Å². The molecule has 29 heavy (non-hydrogen) atoms. The third-order valence-corrected chi connectivity index (χ3v) is 6.51. The Morgan fingerprint density at radius 3 is 1.86 bits per heavy atom. The second-order valence-corrected chi connectivity index (χ2v) is 8.91. The van der Waals surface area contributed by atoms with Crippen molar-refractivity contribution in [3.63, 3.8) is 0 Å². The van der Waals surface area contributed by atoms with Gasteiger partial charge in [0, 0.05) is 5.69 Å². The van der Waals surface area contributed by atoms with Gasteiger partial charge < -0.3 is 5.32 Å². The average molecular weight is 412 g/mol. The van der Waals surface area contributed by atoms with Crippen LogP contribution in [0.5, 0.6) is 0 Å². The van der Waals surface area contributed by atoms with Gasteiger partial charge in [0.25, 0.3) is 0 Å². The van der Waals surface area contributed by atoms with Crippen molar-refractivity contribution in [1.29, 1.82) is 0 Å². The maximum absolute atomic E-state index is 12.9. The van der Waals surface area contributed by atoms with Gasteiger partial charge in [0.1, 0.15) is 5.25 Å².